The molecule has 0 spiro atoms. The van der Waals surface area contributed by atoms with Crippen LogP contribution in [0.1, 0.15) is 17.5 Å². The first-order valence-electron chi connectivity index (χ1n) is 8.18. The van der Waals surface area contributed by atoms with Gasteiger partial charge in [0.25, 0.3) is 10.0 Å². The molecule has 3 rings (SSSR count). The number of benzene rings is 1. The standard InChI is InChI=1S/C17H21N3O4S2/c1-12-3-5-16(9-13(12)2)26(23,24)20-17-6-4-14(10-18-17)19-15-7-8-25(21,22)11-15/h3-6,9-10,15,19H,7-8,11H2,1-2H3,(H,18,20). The first kappa shape index (κ1) is 18.7. The molecule has 1 aromatic heterocycles. The van der Waals surface area contributed by atoms with E-state index in [4.69, 9.17) is 0 Å². The molecule has 0 radical (unpaired) electrons. The number of pyridine rings is 1. The fourth-order valence-corrected chi connectivity index (χ4v) is 5.53. The van der Waals surface area contributed by atoms with E-state index in [0.29, 0.717) is 12.1 Å². The molecule has 2 aromatic rings. The second kappa shape index (κ2) is 6.88. The second-order valence-electron chi connectivity index (χ2n) is 6.53. The zero-order valence-electron chi connectivity index (χ0n) is 14.6. The van der Waals surface area contributed by atoms with E-state index < -0.39 is 19.9 Å². The monoisotopic (exact) mass is 395 g/mol. The molecule has 140 valence electrons. The van der Waals surface area contributed by atoms with Crippen molar-refractivity contribution in [2.45, 2.75) is 31.2 Å². The van der Waals surface area contributed by atoms with Gasteiger partial charge in [-0.05, 0) is 55.7 Å². The van der Waals surface area contributed by atoms with E-state index in [-0.39, 0.29) is 28.3 Å². The van der Waals surface area contributed by atoms with Gasteiger partial charge in [0.05, 0.1) is 28.3 Å². The maximum absolute atomic E-state index is 12.5. The van der Waals surface area contributed by atoms with Gasteiger partial charge >= 0.3 is 0 Å². The fourth-order valence-electron chi connectivity index (χ4n) is 2.76. The summed E-state index contributed by atoms with van der Waals surface area (Å²) in [7, 11) is -6.68. The van der Waals surface area contributed by atoms with Gasteiger partial charge in [0.2, 0.25) is 0 Å². The highest BCUT2D eigenvalue weighted by Crippen LogP contribution is 2.20. The van der Waals surface area contributed by atoms with Gasteiger partial charge < -0.3 is 5.32 Å². The molecule has 1 fully saturated rings. The zero-order chi connectivity index (χ0) is 18.9. The number of sulfonamides is 1. The number of nitrogens with zero attached hydrogens (tertiary/aromatic N) is 1. The van der Waals surface area contributed by atoms with Crippen molar-refractivity contribution in [2.24, 2.45) is 0 Å². The normalized spacial score (nSPS) is 19.2. The minimum Gasteiger partial charge on any atom is -0.380 e. The fraction of sp³-hybridized carbons (Fsp3) is 0.353. The summed E-state index contributed by atoms with van der Waals surface area (Å²) in [6.45, 7) is 3.78. The van der Waals surface area contributed by atoms with Gasteiger partial charge in [-0.15, -0.1) is 0 Å². The Morgan fingerprint density at radius 2 is 1.88 bits per heavy atom. The van der Waals surface area contributed by atoms with Crippen LogP contribution in [0.5, 0.6) is 0 Å². The molecule has 0 bridgehead atoms. The molecule has 1 aliphatic rings. The average Bonchev–Trinajstić information content (AvgIpc) is 2.90. The molecule has 7 nitrogen and oxygen atoms in total. The molecule has 2 heterocycles. The number of hydrogen-bond acceptors (Lipinski definition) is 6. The van der Waals surface area contributed by atoms with E-state index in [2.05, 4.69) is 15.0 Å². The van der Waals surface area contributed by atoms with Gasteiger partial charge in [0, 0.05) is 6.04 Å². The minimum absolute atomic E-state index is 0.105. The molecular formula is C17H21N3O4S2. The van der Waals surface area contributed by atoms with Gasteiger partial charge in [-0.2, -0.15) is 0 Å². The Balaban J connectivity index is 1.69. The van der Waals surface area contributed by atoms with Crippen LogP contribution in [0, 0.1) is 13.8 Å². The largest absolute Gasteiger partial charge is 0.380 e. The Morgan fingerprint density at radius 3 is 2.46 bits per heavy atom. The van der Waals surface area contributed by atoms with Crippen molar-refractivity contribution >= 4 is 31.4 Å². The summed E-state index contributed by atoms with van der Waals surface area (Å²) < 4.78 is 50.4. The number of aryl methyl sites for hydroxylation is 2. The molecule has 1 atom stereocenters. The molecule has 0 aliphatic carbocycles. The third kappa shape index (κ3) is 4.34. The molecule has 1 aromatic carbocycles. The van der Waals surface area contributed by atoms with Crippen molar-refractivity contribution in [1.29, 1.82) is 0 Å². The maximum atomic E-state index is 12.5. The Morgan fingerprint density at radius 1 is 1.12 bits per heavy atom. The lowest BCUT2D eigenvalue weighted by Gasteiger charge is -2.13. The highest BCUT2D eigenvalue weighted by Gasteiger charge is 2.27. The lowest BCUT2D eigenvalue weighted by molar-refractivity contribution is 0.599. The lowest BCUT2D eigenvalue weighted by atomic mass is 10.1. The van der Waals surface area contributed by atoms with E-state index in [1.54, 1.807) is 30.3 Å². The summed E-state index contributed by atoms with van der Waals surface area (Å²) in [5.74, 6) is 0.493. The highest BCUT2D eigenvalue weighted by molar-refractivity contribution is 7.92. The summed E-state index contributed by atoms with van der Waals surface area (Å²) >= 11 is 0. The number of rotatable bonds is 5. The van der Waals surface area contributed by atoms with Crippen molar-refractivity contribution in [3.63, 3.8) is 0 Å². The summed E-state index contributed by atoms with van der Waals surface area (Å²) in [4.78, 5) is 4.29. The Kier molecular flexibility index (Phi) is 4.94. The number of anilines is 2. The number of hydrogen-bond donors (Lipinski definition) is 2. The second-order valence-corrected chi connectivity index (χ2v) is 10.4. The predicted octanol–water partition coefficient (Wildman–Crippen LogP) is 2.10. The highest BCUT2D eigenvalue weighted by atomic mass is 32.2. The van der Waals surface area contributed by atoms with Crippen LogP contribution in [0.25, 0.3) is 0 Å². The van der Waals surface area contributed by atoms with E-state index in [0.717, 1.165) is 11.1 Å². The molecule has 0 amide bonds. The quantitative estimate of drug-likeness (QED) is 0.803. The van der Waals surface area contributed by atoms with Crippen molar-refractivity contribution in [2.75, 3.05) is 21.5 Å². The van der Waals surface area contributed by atoms with Gasteiger partial charge in [-0.25, -0.2) is 21.8 Å². The average molecular weight is 396 g/mol. The number of aromatic nitrogens is 1. The first-order valence-corrected chi connectivity index (χ1v) is 11.5. The Bertz CT molecular complexity index is 1020. The molecule has 0 saturated carbocycles. The minimum atomic E-state index is -3.72. The Labute approximate surface area is 153 Å². The molecular weight excluding hydrogens is 374 g/mol. The molecule has 26 heavy (non-hydrogen) atoms. The topological polar surface area (TPSA) is 105 Å². The van der Waals surface area contributed by atoms with Crippen molar-refractivity contribution in [3.05, 3.63) is 47.7 Å². The summed E-state index contributed by atoms with van der Waals surface area (Å²) in [5, 5.41) is 3.11. The first-order chi connectivity index (χ1) is 12.1. The molecule has 1 unspecified atom stereocenters. The van der Waals surface area contributed by atoms with Crippen LogP contribution in [0.2, 0.25) is 0 Å². The zero-order valence-corrected chi connectivity index (χ0v) is 16.2. The van der Waals surface area contributed by atoms with E-state index in [1.165, 1.54) is 6.20 Å². The van der Waals surface area contributed by atoms with Gasteiger partial charge in [0.1, 0.15) is 5.82 Å². The predicted molar refractivity (Wildman–Crippen MR) is 102 cm³/mol. The van der Waals surface area contributed by atoms with Gasteiger partial charge in [-0.3, -0.25) is 4.72 Å². The third-order valence-electron chi connectivity index (χ3n) is 4.39. The van der Waals surface area contributed by atoms with Crippen LogP contribution in [-0.4, -0.2) is 39.4 Å². The van der Waals surface area contributed by atoms with E-state index in [1.807, 2.05) is 13.8 Å². The third-order valence-corrected chi connectivity index (χ3v) is 7.51. The maximum Gasteiger partial charge on any atom is 0.263 e. The number of sulfone groups is 1. The van der Waals surface area contributed by atoms with Crippen molar-refractivity contribution in [3.8, 4) is 0 Å². The van der Waals surface area contributed by atoms with Crippen molar-refractivity contribution in [1.82, 2.24) is 4.98 Å². The Hall–Kier alpha value is -2.13. The van der Waals surface area contributed by atoms with Gasteiger partial charge in [-0.1, -0.05) is 6.07 Å². The summed E-state index contributed by atoms with van der Waals surface area (Å²) in [6.07, 6.45) is 2.05. The molecule has 1 saturated heterocycles. The summed E-state index contributed by atoms with van der Waals surface area (Å²) in [6, 6.07) is 8.02. The smallest absolute Gasteiger partial charge is 0.263 e. The van der Waals surface area contributed by atoms with Crippen LogP contribution in [0.3, 0.4) is 0 Å². The summed E-state index contributed by atoms with van der Waals surface area (Å²) in [5.41, 5.74) is 2.57. The van der Waals surface area contributed by atoms with Crippen LogP contribution in [0.4, 0.5) is 11.5 Å². The molecule has 1 aliphatic heterocycles. The van der Waals surface area contributed by atoms with Crippen LogP contribution >= 0.6 is 0 Å². The lowest BCUT2D eigenvalue weighted by Crippen LogP contribution is -2.20. The SMILES string of the molecule is Cc1ccc(S(=O)(=O)Nc2ccc(NC3CCS(=O)(=O)C3)cn2)cc1C. The molecule has 2 N–H and O–H groups in total. The molecule has 9 heteroatoms. The van der Waals surface area contributed by atoms with Crippen LogP contribution < -0.4 is 10.0 Å². The van der Waals surface area contributed by atoms with Crippen LogP contribution in [0.15, 0.2) is 41.4 Å². The van der Waals surface area contributed by atoms with E-state index in [9.17, 15) is 16.8 Å². The van der Waals surface area contributed by atoms with Crippen molar-refractivity contribution < 1.29 is 16.8 Å². The van der Waals surface area contributed by atoms with Gasteiger partial charge in [0.15, 0.2) is 9.84 Å². The number of nitrogens with one attached hydrogen (secondary N) is 2. The van der Waals surface area contributed by atoms with E-state index >= 15 is 0 Å². The van der Waals surface area contributed by atoms with Crippen LogP contribution in [-0.2, 0) is 19.9 Å².